The van der Waals surface area contributed by atoms with Gasteiger partial charge in [0.1, 0.15) is 0 Å². The molecule has 3 aliphatic rings. The maximum Gasteiger partial charge on any atom is 0.317 e. The standard InChI is InChI=1S/C28H44N4O2/c1-3-20(2)30-28(34)31(19-21-8-5-4-6-9-21)14-15-32-25-12-13-26(32)18-24(17-25)22-10-7-11-23(16-22)27(29)33/h7,10-11,16,20-21,24-26H,3-6,8-9,12-15,17-19H2,1-2H3,(H2,29,33)(H,30,34). The summed E-state index contributed by atoms with van der Waals surface area (Å²) in [6.45, 7) is 6.89. The molecule has 0 aromatic heterocycles. The van der Waals surface area contributed by atoms with Crippen molar-refractivity contribution in [1.82, 2.24) is 15.1 Å². The fraction of sp³-hybridized carbons (Fsp3) is 0.714. The van der Waals surface area contributed by atoms with Crippen molar-refractivity contribution in [2.75, 3.05) is 19.6 Å². The van der Waals surface area contributed by atoms with Gasteiger partial charge in [0.25, 0.3) is 0 Å². The molecule has 3 unspecified atom stereocenters. The molecule has 6 nitrogen and oxygen atoms in total. The highest BCUT2D eigenvalue weighted by atomic mass is 16.2. The third-order valence-corrected chi connectivity index (χ3v) is 8.63. The first-order valence-electron chi connectivity index (χ1n) is 13.7. The Morgan fingerprint density at radius 2 is 1.82 bits per heavy atom. The van der Waals surface area contributed by atoms with E-state index in [9.17, 15) is 9.59 Å². The van der Waals surface area contributed by atoms with E-state index < -0.39 is 0 Å². The number of rotatable bonds is 9. The molecule has 0 spiro atoms. The summed E-state index contributed by atoms with van der Waals surface area (Å²) in [5, 5.41) is 3.22. The molecule has 188 valence electrons. The zero-order chi connectivity index (χ0) is 24.1. The van der Waals surface area contributed by atoms with Gasteiger partial charge in [-0.05, 0) is 81.4 Å². The molecule has 1 saturated carbocycles. The van der Waals surface area contributed by atoms with Crippen molar-refractivity contribution in [1.29, 1.82) is 0 Å². The summed E-state index contributed by atoms with van der Waals surface area (Å²) >= 11 is 0. The predicted octanol–water partition coefficient (Wildman–Crippen LogP) is 4.89. The first-order valence-corrected chi connectivity index (χ1v) is 13.7. The van der Waals surface area contributed by atoms with Gasteiger partial charge in [0, 0.05) is 43.3 Å². The van der Waals surface area contributed by atoms with E-state index in [2.05, 4.69) is 35.0 Å². The van der Waals surface area contributed by atoms with Crippen LogP contribution in [-0.4, -0.2) is 59.5 Å². The number of urea groups is 1. The molecule has 4 rings (SSSR count). The van der Waals surface area contributed by atoms with Crippen LogP contribution in [0.4, 0.5) is 4.79 Å². The normalized spacial score (nSPS) is 26.2. The average molecular weight is 469 g/mol. The number of primary amides is 1. The zero-order valence-corrected chi connectivity index (χ0v) is 21.2. The van der Waals surface area contributed by atoms with Crippen LogP contribution in [0, 0.1) is 5.92 Å². The topological polar surface area (TPSA) is 78.7 Å². The summed E-state index contributed by atoms with van der Waals surface area (Å²) in [5.41, 5.74) is 7.37. The van der Waals surface area contributed by atoms with Crippen molar-refractivity contribution in [3.8, 4) is 0 Å². The molecule has 1 aromatic rings. The smallest absolute Gasteiger partial charge is 0.317 e. The molecule has 6 heteroatoms. The lowest BCUT2D eigenvalue weighted by atomic mass is 9.84. The van der Waals surface area contributed by atoms with Crippen molar-refractivity contribution < 1.29 is 9.59 Å². The molecule has 3 fully saturated rings. The second-order valence-corrected chi connectivity index (χ2v) is 11.0. The molecule has 3 atom stereocenters. The lowest BCUT2D eigenvalue weighted by Gasteiger charge is -2.40. The van der Waals surface area contributed by atoms with Crippen LogP contribution in [0.5, 0.6) is 0 Å². The van der Waals surface area contributed by atoms with E-state index in [0.717, 1.165) is 38.9 Å². The van der Waals surface area contributed by atoms with Crippen LogP contribution in [0.15, 0.2) is 24.3 Å². The maximum absolute atomic E-state index is 13.1. The highest BCUT2D eigenvalue weighted by Gasteiger charge is 2.41. The summed E-state index contributed by atoms with van der Waals surface area (Å²) in [5.74, 6) is 0.785. The Labute approximate surface area is 205 Å². The van der Waals surface area contributed by atoms with Gasteiger partial charge in [-0.1, -0.05) is 38.3 Å². The summed E-state index contributed by atoms with van der Waals surface area (Å²) < 4.78 is 0. The number of nitrogens with two attached hydrogens (primary N) is 1. The van der Waals surface area contributed by atoms with Crippen LogP contribution >= 0.6 is 0 Å². The van der Waals surface area contributed by atoms with E-state index in [4.69, 9.17) is 5.73 Å². The predicted molar refractivity (Wildman–Crippen MR) is 137 cm³/mol. The number of amides is 3. The Hall–Kier alpha value is -2.08. The second-order valence-electron chi connectivity index (χ2n) is 11.0. The lowest BCUT2D eigenvalue weighted by Crippen LogP contribution is -2.51. The first-order chi connectivity index (χ1) is 16.4. The second kappa shape index (κ2) is 11.6. The zero-order valence-electron chi connectivity index (χ0n) is 21.2. The van der Waals surface area contributed by atoms with Crippen LogP contribution in [0.25, 0.3) is 0 Å². The lowest BCUT2D eigenvalue weighted by molar-refractivity contribution is 0.0998. The highest BCUT2D eigenvalue weighted by Crippen LogP contribution is 2.43. The van der Waals surface area contributed by atoms with Gasteiger partial charge in [-0.2, -0.15) is 0 Å². The number of carbonyl (C=O) groups excluding carboxylic acids is 2. The SMILES string of the molecule is CCC(C)NC(=O)N(CCN1C2CCC1CC(c1cccc(C(N)=O)c1)C2)CC1CCCCC1. The van der Waals surface area contributed by atoms with Gasteiger partial charge in [-0.3, -0.25) is 9.69 Å². The van der Waals surface area contributed by atoms with Gasteiger partial charge in [-0.15, -0.1) is 0 Å². The average Bonchev–Trinajstić information content (AvgIpc) is 3.08. The minimum atomic E-state index is -0.351. The van der Waals surface area contributed by atoms with E-state index in [-0.39, 0.29) is 18.0 Å². The third-order valence-electron chi connectivity index (χ3n) is 8.63. The molecule has 2 bridgehead atoms. The first kappa shape index (κ1) is 25.0. The Morgan fingerprint density at radius 3 is 2.47 bits per heavy atom. The van der Waals surface area contributed by atoms with Crippen molar-refractivity contribution >= 4 is 11.9 Å². The Bertz CT molecular complexity index is 823. The number of nitrogens with one attached hydrogen (secondary N) is 1. The van der Waals surface area contributed by atoms with Crippen LogP contribution in [0.2, 0.25) is 0 Å². The van der Waals surface area contributed by atoms with E-state index in [1.807, 2.05) is 12.1 Å². The van der Waals surface area contributed by atoms with Crippen LogP contribution < -0.4 is 11.1 Å². The van der Waals surface area contributed by atoms with E-state index >= 15 is 0 Å². The van der Waals surface area contributed by atoms with Crippen molar-refractivity contribution in [2.24, 2.45) is 11.7 Å². The van der Waals surface area contributed by atoms with E-state index in [1.165, 1.54) is 50.5 Å². The Kier molecular flexibility index (Phi) is 8.51. The third kappa shape index (κ3) is 6.12. The van der Waals surface area contributed by atoms with Gasteiger partial charge >= 0.3 is 6.03 Å². The molecule has 2 aliphatic heterocycles. The fourth-order valence-electron chi connectivity index (χ4n) is 6.45. The number of hydrogen-bond acceptors (Lipinski definition) is 3. The van der Waals surface area contributed by atoms with Gasteiger partial charge < -0.3 is 16.0 Å². The molecule has 1 aromatic carbocycles. The molecule has 34 heavy (non-hydrogen) atoms. The van der Waals surface area contributed by atoms with Crippen molar-refractivity contribution in [2.45, 2.75) is 102 Å². The van der Waals surface area contributed by atoms with Gasteiger partial charge in [0.2, 0.25) is 5.91 Å². The maximum atomic E-state index is 13.1. The molecule has 1 aliphatic carbocycles. The molecular weight excluding hydrogens is 424 g/mol. The van der Waals surface area contributed by atoms with Gasteiger partial charge in [0.05, 0.1) is 0 Å². The van der Waals surface area contributed by atoms with Crippen LogP contribution in [-0.2, 0) is 0 Å². The van der Waals surface area contributed by atoms with Crippen LogP contribution in [0.3, 0.4) is 0 Å². The molecule has 3 amide bonds. The molecular formula is C28H44N4O2. The van der Waals surface area contributed by atoms with Crippen molar-refractivity contribution in [3.63, 3.8) is 0 Å². The summed E-state index contributed by atoms with van der Waals surface area (Å²) in [6.07, 6.45) is 12.1. The van der Waals surface area contributed by atoms with Crippen LogP contribution in [0.1, 0.15) is 99.9 Å². The number of piperidine rings is 1. The van der Waals surface area contributed by atoms with Crippen molar-refractivity contribution in [3.05, 3.63) is 35.4 Å². The highest BCUT2D eigenvalue weighted by molar-refractivity contribution is 5.92. The van der Waals surface area contributed by atoms with Gasteiger partial charge in [0.15, 0.2) is 0 Å². The largest absolute Gasteiger partial charge is 0.366 e. The Balaban J connectivity index is 1.37. The number of fused-ring (bicyclic) bond motifs is 2. The van der Waals surface area contributed by atoms with Gasteiger partial charge in [-0.25, -0.2) is 4.79 Å². The summed E-state index contributed by atoms with van der Waals surface area (Å²) in [6, 6.07) is 9.37. The number of benzene rings is 1. The number of hydrogen-bond donors (Lipinski definition) is 2. The molecule has 2 heterocycles. The van der Waals surface area contributed by atoms with E-state index in [0.29, 0.717) is 29.5 Å². The monoisotopic (exact) mass is 468 g/mol. The number of nitrogens with zero attached hydrogens (tertiary/aromatic N) is 2. The van der Waals surface area contributed by atoms with E-state index in [1.54, 1.807) is 6.07 Å². The minimum Gasteiger partial charge on any atom is -0.366 e. The summed E-state index contributed by atoms with van der Waals surface area (Å²) in [4.78, 5) is 29.6. The Morgan fingerprint density at radius 1 is 1.12 bits per heavy atom. The quantitative estimate of drug-likeness (QED) is 0.542. The summed E-state index contributed by atoms with van der Waals surface area (Å²) in [7, 11) is 0. The minimum absolute atomic E-state index is 0.116. The molecule has 2 saturated heterocycles. The molecule has 0 radical (unpaired) electrons. The fourth-order valence-corrected chi connectivity index (χ4v) is 6.45. The number of carbonyl (C=O) groups is 2. The molecule has 3 N–H and O–H groups in total.